The second-order valence-corrected chi connectivity index (χ2v) is 12.6. The van der Waals surface area contributed by atoms with Crippen LogP contribution in [0.5, 0.6) is 0 Å². The summed E-state index contributed by atoms with van der Waals surface area (Å²) < 4.78 is 0. The Labute approximate surface area is 264 Å². The lowest BCUT2D eigenvalue weighted by Crippen LogP contribution is -2.29. The molecular weight excluding hydrogens is 514 g/mol. The summed E-state index contributed by atoms with van der Waals surface area (Å²) in [4.78, 5) is 17.5. The molecule has 0 fully saturated rings. The van der Waals surface area contributed by atoms with E-state index in [1.807, 2.05) is 12.0 Å². The van der Waals surface area contributed by atoms with Gasteiger partial charge < -0.3 is 4.84 Å². The van der Waals surface area contributed by atoms with Crippen molar-refractivity contribution < 1.29 is 9.63 Å². The van der Waals surface area contributed by atoms with Gasteiger partial charge in [-0.25, -0.2) is 0 Å². The molecule has 0 amide bonds. The number of hydrogen-bond acceptors (Lipinski definition) is 3. The van der Waals surface area contributed by atoms with E-state index >= 15 is 0 Å². The van der Waals surface area contributed by atoms with Gasteiger partial charge in [0.1, 0.15) is 0 Å². The lowest BCUT2D eigenvalue weighted by molar-refractivity contribution is -0.191. The summed E-state index contributed by atoms with van der Waals surface area (Å²) in [6, 6.07) is 0. The van der Waals surface area contributed by atoms with E-state index in [0.29, 0.717) is 6.42 Å². The Morgan fingerprint density at radius 3 is 1.02 bits per heavy atom. The van der Waals surface area contributed by atoms with E-state index in [2.05, 4.69) is 38.2 Å². The lowest BCUT2D eigenvalue weighted by Gasteiger charge is -2.21. The molecule has 0 radical (unpaired) electrons. The first-order chi connectivity index (χ1) is 20.7. The van der Waals surface area contributed by atoms with Crippen LogP contribution >= 0.6 is 0 Å². The third-order valence-electron chi connectivity index (χ3n) is 8.36. The predicted molar refractivity (Wildman–Crippen MR) is 187 cm³/mol. The highest BCUT2D eigenvalue weighted by atomic mass is 16.7. The van der Waals surface area contributed by atoms with Crippen molar-refractivity contribution in [3.63, 3.8) is 0 Å². The van der Waals surface area contributed by atoms with Crippen molar-refractivity contribution in [3.05, 3.63) is 24.3 Å². The zero-order valence-corrected chi connectivity index (χ0v) is 29.0. The molecule has 0 unspecified atom stereocenters. The Morgan fingerprint density at radius 2 is 0.714 bits per heavy atom. The van der Waals surface area contributed by atoms with Gasteiger partial charge in [-0.1, -0.05) is 161 Å². The quantitative estimate of drug-likeness (QED) is 0.0425. The standard InChI is InChI=1S/C39H75NO2/c1-4-7-9-11-13-15-17-19-21-23-25-27-29-31-33-35-37-40(42-39(41)6-3)38-36-34-32-30-28-26-24-22-20-18-16-14-12-10-8-5-2/h19-22H,4-18,23-38H2,1-3H3/b21-19-,22-20-. The second kappa shape index (κ2) is 36.1. The van der Waals surface area contributed by atoms with E-state index in [4.69, 9.17) is 4.84 Å². The van der Waals surface area contributed by atoms with E-state index < -0.39 is 0 Å². The molecule has 0 aromatic carbocycles. The van der Waals surface area contributed by atoms with Crippen LogP contribution in [0.2, 0.25) is 0 Å². The molecule has 0 saturated heterocycles. The van der Waals surface area contributed by atoms with Gasteiger partial charge in [0.05, 0.1) is 0 Å². The number of carbonyl (C=O) groups is 1. The van der Waals surface area contributed by atoms with Crippen molar-refractivity contribution in [3.8, 4) is 0 Å². The second-order valence-electron chi connectivity index (χ2n) is 12.6. The molecule has 0 bridgehead atoms. The van der Waals surface area contributed by atoms with E-state index in [1.165, 1.54) is 167 Å². The van der Waals surface area contributed by atoms with Crippen molar-refractivity contribution >= 4 is 5.97 Å². The first kappa shape index (κ1) is 40.9. The van der Waals surface area contributed by atoms with Crippen LogP contribution in [0.15, 0.2) is 24.3 Å². The molecule has 0 aliphatic heterocycles. The van der Waals surface area contributed by atoms with Crippen molar-refractivity contribution in [2.75, 3.05) is 13.1 Å². The fourth-order valence-electron chi connectivity index (χ4n) is 5.48. The minimum Gasteiger partial charge on any atom is -0.368 e. The van der Waals surface area contributed by atoms with Crippen LogP contribution in [0.25, 0.3) is 0 Å². The van der Waals surface area contributed by atoms with E-state index in [1.54, 1.807) is 0 Å². The van der Waals surface area contributed by atoms with Gasteiger partial charge in [0.15, 0.2) is 0 Å². The SMILES string of the molecule is CCCCCCCC/C=C\CCCCCCCCN(CCCCCCCC/C=C\CCCCCCCC)OC(=O)CC. The molecule has 0 heterocycles. The maximum absolute atomic E-state index is 11.9. The number of carbonyl (C=O) groups excluding carboxylic acids is 1. The molecule has 3 heteroatoms. The maximum atomic E-state index is 11.9. The first-order valence-electron chi connectivity index (χ1n) is 19.0. The van der Waals surface area contributed by atoms with Crippen LogP contribution in [0, 0.1) is 0 Å². The van der Waals surface area contributed by atoms with Gasteiger partial charge >= 0.3 is 5.97 Å². The molecule has 0 saturated carbocycles. The molecule has 0 spiro atoms. The average molecular weight is 590 g/mol. The minimum atomic E-state index is -0.0934. The average Bonchev–Trinajstić information content (AvgIpc) is 3.00. The third kappa shape index (κ3) is 33.4. The summed E-state index contributed by atoms with van der Waals surface area (Å²) in [6.07, 6.45) is 47.1. The Kier molecular flexibility index (Phi) is 35.2. The molecule has 248 valence electrons. The van der Waals surface area contributed by atoms with Gasteiger partial charge in [-0.2, -0.15) is 0 Å². The predicted octanol–water partition coefficient (Wildman–Crippen LogP) is 13.2. The van der Waals surface area contributed by atoms with Crippen molar-refractivity contribution in [1.82, 2.24) is 5.06 Å². The molecule has 3 nitrogen and oxygen atoms in total. The van der Waals surface area contributed by atoms with Crippen LogP contribution in [0.3, 0.4) is 0 Å². The summed E-state index contributed by atoms with van der Waals surface area (Å²) in [5.41, 5.74) is 0. The van der Waals surface area contributed by atoms with Crippen LogP contribution in [0.4, 0.5) is 0 Å². The van der Waals surface area contributed by atoms with Gasteiger partial charge in [0.2, 0.25) is 0 Å². The molecule has 0 aromatic rings. The molecule has 0 atom stereocenters. The zero-order chi connectivity index (χ0) is 30.6. The highest BCUT2D eigenvalue weighted by molar-refractivity contribution is 5.68. The number of hydroxylamine groups is 2. The van der Waals surface area contributed by atoms with Crippen LogP contribution < -0.4 is 0 Å². The fraction of sp³-hybridized carbons (Fsp3) is 0.872. The highest BCUT2D eigenvalue weighted by Crippen LogP contribution is 2.13. The monoisotopic (exact) mass is 590 g/mol. The van der Waals surface area contributed by atoms with E-state index in [0.717, 1.165) is 25.9 Å². The summed E-state index contributed by atoms with van der Waals surface area (Å²) in [6.45, 7) is 8.22. The summed E-state index contributed by atoms with van der Waals surface area (Å²) in [5.74, 6) is -0.0934. The Hall–Kier alpha value is -1.09. The molecule has 0 rings (SSSR count). The molecule has 0 aromatic heterocycles. The van der Waals surface area contributed by atoms with Gasteiger partial charge in [-0.05, 0) is 64.2 Å². The zero-order valence-electron chi connectivity index (χ0n) is 29.0. The highest BCUT2D eigenvalue weighted by Gasteiger charge is 2.10. The van der Waals surface area contributed by atoms with Gasteiger partial charge in [0, 0.05) is 19.5 Å². The molecule has 0 N–H and O–H groups in total. The topological polar surface area (TPSA) is 29.5 Å². The molecule has 0 aliphatic rings. The lowest BCUT2D eigenvalue weighted by atomic mass is 10.1. The first-order valence-corrected chi connectivity index (χ1v) is 19.0. The number of allylic oxidation sites excluding steroid dienone is 4. The normalized spacial score (nSPS) is 11.9. The summed E-state index contributed by atoms with van der Waals surface area (Å²) >= 11 is 0. The molecule has 42 heavy (non-hydrogen) atoms. The van der Waals surface area contributed by atoms with Crippen molar-refractivity contribution in [2.24, 2.45) is 0 Å². The van der Waals surface area contributed by atoms with E-state index in [-0.39, 0.29) is 5.97 Å². The number of nitrogens with zero attached hydrogens (tertiary/aromatic N) is 1. The summed E-state index contributed by atoms with van der Waals surface area (Å²) in [7, 11) is 0. The molecular formula is C39H75NO2. The Bertz CT molecular complexity index is 543. The van der Waals surface area contributed by atoms with Gasteiger partial charge in [-0.15, -0.1) is 5.06 Å². The van der Waals surface area contributed by atoms with E-state index in [9.17, 15) is 4.79 Å². The largest absolute Gasteiger partial charge is 0.368 e. The van der Waals surface area contributed by atoms with Crippen LogP contribution in [-0.4, -0.2) is 24.1 Å². The fourth-order valence-corrected chi connectivity index (χ4v) is 5.48. The molecule has 0 aliphatic carbocycles. The van der Waals surface area contributed by atoms with Crippen LogP contribution in [0.1, 0.15) is 207 Å². The van der Waals surface area contributed by atoms with Crippen molar-refractivity contribution in [2.45, 2.75) is 207 Å². The van der Waals surface area contributed by atoms with Crippen molar-refractivity contribution in [1.29, 1.82) is 0 Å². The smallest absolute Gasteiger partial charge is 0.324 e. The maximum Gasteiger partial charge on any atom is 0.324 e. The third-order valence-corrected chi connectivity index (χ3v) is 8.36. The number of rotatable bonds is 34. The van der Waals surface area contributed by atoms with Crippen LogP contribution in [-0.2, 0) is 9.63 Å². The Morgan fingerprint density at radius 1 is 0.429 bits per heavy atom. The number of hydrogen-bond donors (Lipinski definition) is 0. The van der Waals surface area contributed by atoms with Gasteiger partial charge in [-0.3, -0.25) is 4.79 Å². The minimum absolute atomic E-state index is 0.0934. The van der Waals surface area contributed by atoms with Gasteiger partial charge in [0.25, 0.3) is 0 Å². The Balaban J connectivity index is 3.65. The number of unbranched alkanes of at least 4 members (excludes halogenated alkanes) is 24. The summed E-state index contributed by atoms with van der Waals surface area (Å²) in [5, 5.41) is 1.95.